The monoisotopic (exact) mass is 358 g/mol. The smallest absolute Gasteiger partial charge is 0.408 e. The fourth-order valence-electron chi connectivity index (χ4n) is 2.52. The molecule has 1 saturated heterocycles. The second-order valence-electron chi connectivity index (χ2n) is 6.74. The predicted octanol–water partition coefficient (Wildman–Crippen LogP) is 0.909. The number of carbonyl (C=O) groups is 4. The maximum atomic E-state index is 12.7. The Bertz CT molecular complexity index is 527. The summed E-state index contributed by atoms with van der Waals surface area (Å²) in [6.07, 6.45) is -0.378. The Hall–Kier alpha value is -2.32. The lowest BCUT2D eigenvalue weighted by atomic mass is 10.1. The van der Waals surface area contributed by atoms with Crippen LogP contribution in [0, 0.1) is 0 Å². The molecule has 0 aromatic carbocycles. The fourth-order valence-corrected chi connectivity index (χ4v) is 2.52. The Kier molecular flexibility index (Phi) is 7.20. The minimum Gasteiger partial charge on any atom is -0.480 e. The first kappa shape index (κ1) is 20.7. The first-order valence-corrected chi connectivity index (χ1v) is 8.23. The highest BCUT2D eigenvalue weighted by molar-refractivity contribution is 5.92. The van der Waals surface area contributed by atoms with Gasteiger partial charge in [0.05, 0.1) is 13.0 Å². The molecule has 2 amide bonds. The minimum absolute atomic E-state index is 0.133. The molecule has 0 saturated carbocycles. The number of nitrogens with one attached hydrogen (secondary N) is 1. The number of carboxylic acid groups (broad SMARTS) is 1. The molecular weight excluding hydrogens is 332 g/mol. The van der Waals surface area contributed by atoms with E-state index in [-0.39, 0.29) is 13.2 Å². The zero-order valence-electron chi connectivity index (χ0n) is 15.0. The topological polar surface area (TPSA) is 122 Å². The summed E-state index contributed by atoms with van der Waals surface area (Å²) in [4.78, 5) is 48.9. The van der Waals surface area contributed by atoms with Crippen LogP contribution >= 0.6 is 0 Å². The van der Waals surface area contributed by atoms with E-state index in [1.165, 1.54) is 4.90 Å². The van der Waals surface area contributed by atoms with E-state index in [0.29, 0.717) is 12.8 Å². The summed E-state index contributed by atoms with van der Waals surface area (Å²) in [5, 5.41) is 11.6. The molecule has 1 fully saturated rings. The second kappa shape index (κ2) is 8.68. The molecule has 0 unspecified atom stereocenters. The number of likely N-dealkylation sites (tertiary alicyclic amines) is 1. The molecular formula is C16H26N2O7. The summed E-state index contributed by atoms with van der Waals surface area (Å²) in [7, 11) is 0. The third-order valence-corrected chi connectivity index (χ3v) is 3.49. The van der Waals surface area contributed by atoms with E-state index >= 15 is 0 Å². The number of carboxylic acids is 1. The number of esters is 1. The maximum absolute atomic E-state index is 12.7. The van der Waals surface area contributed by atoms with Crippen LogP contribution in [0.25, 0.3) is 0 Å². The van der Waals surface area contributed by atoms with Crippen molar-refractivity contribution in [3.8, 4) is 0 Å². The van der Waals surface area contributed by atoms with Gasteiger partial charge in [-0.05, 0) is 40.5 Å². The summed E-state index contributed by atoms with van der Waals surface area (Å²) in [5.74, 6) is -2.41. The van der Waals surface area contributed by atoms with E-state index in [4.69, 9.17) is 9.47 Å². The average molecular weight is 358 g/mol. The highest BCUT2D eigenvalue weighted by Crippen LogP contribution is 2.19. The van der Waals surface area contributed by atoms with Crippen LogP contribution in [-0.4, -0.2) is 64.8 Å². The lowest BCUT2D eigenvalue weighted by Crippen LogP contribution is -2.53. The van der Waals surface area contributed by atoms with E-state index in [1.54, 1.807) is 27.7 Å². The van der Waals surface area contributed by atoms with Crippen molar-refractivity contribution in [3.63, 3.8) is 0 Å². The highest BCUT2D eigenvalue weighted by atomic mass is 16.6. The average Bonchev–Trinajstić information content (AvgIpc) is 2.93. The van der Waals surface area contributed by atoms with E-state index < -0.39 is 48.0 Å². The summed E-state index contributed by atoms with van der Waals surface area (Å²) in [6.45, 7) is 7.00. The van der Waals surface area contributed by atoms with Crippen LogP contribution in [0.2, 0.25) is 0 Å². The van der Waals surface area contributed by atoms with Gasteiger partial charge in [-0.3, -0.25) is 9.59 Å². The maximum Gasteiger partial charge on any atom is 0.408 e. The van der Waals surface area contributed by atoms with Crippen molar-refractivity contribution in [2.75, 3.05) is 13.2 Å². The van der Waals surface area contributed by atoms with Gasteiger partial charge in [0.25, 0.3) is 0 Å². The molecule has 1 rings (SSSR count). The van der Waals surface area contributed by atoms with Crippen molar-refractivity contribution in [3.05, 3.63) is 0 Å². The molecule has 142 valence electrons. The molecule has 0 aromatic heterocycles. The van der Waals surface area contributed by atoms with Crippen LogP contribution in [0.1, 0.15) is 47.0 Å². The van der Waals surface area contributed by atoms with E-state index in [2.05, 4.69) is 5.32 Å². The molecule has 1 aliphatic heterocycles. The largest absolute Gasteiger partial charge is 0.480 e. The molecule has 1 heterocycles. The van der Waals surface area contributed by atoms with Crippen LogP contribution in [0.3, 0.4) is 0 Å². The van der Waals surface area contributed by atoms with Gasteiger partial charge < -0.3 is 24.8 Å². The van der Waals surface area contributed by atoms with Gasteiger partial charge in [0.2, 0.25) is 5.91 Å². The molecule has 0 radical (unpaired) electrons. The van der Waals surface area contributed by atoms with Gasteiger partial charge in [-0.2, -0.15) is 0 Å². The summed E-state index contributed by atoms with van der Waals surface area (Å²) in [6, 6.07) is -2.20. The Morgan fingerprint density at radius 2 is 1.92 bits per heavy atom. The van der Waals surface area contributed by atoms with Gasteiger partial charge in [0.15, 0.2) is 0 Å². The SMILES string of the molecule is CCOC(=O)C[C@H](NC(=O)OC(C)(C)C)C(=O)N1CCC[C@H]1C(=O)O. The van der Waals surface area contributed by atoms with Crippen molar-refractivity contribution < 1.29 is 33.8 Å². The van der Waals surface area contributed by atoms with Gasteiger partial charge in [0.1, 0.15) is 17.7 Å². The van der Waals surface area contributed by atoms with Crippen molar-refractivity contribution in [1.82, 2.24) is 10.2 Å². The van der Waals surface area contributed by atoms with Crippen LogP contribution in [-0.2, 0) is 23.9 Å². The predicted molar refractivity (Wildman–Crippen MR) is 86.8 cm³/mol. The normalized spacial score (nSPS) is 18.4. The second-order valence-corrected chi connectivity index (χ2v) is 6.74. The Morgan fingerprint density at radius 3 is 2.44 bits per heavy atom. The molecule has 0 aliphatic carbocycles. The third-order valence-electron chi connectivity index (χ3n) is 3.49. The van der Waals surface area contributed by atoms with Gasteiger partial charge in [-0.25, -0.2) is 9.59 Å². The zero-order chi connectivity index (χ0) is 19.2. The van der Waals surface area contributed by atoms with E-state index in [1.807, 2.05) is 0 Å². The first-order chi connectivity index (χ1) is 11.5. The lowest BCUT2D eigenvalue weighted by Gasteiger charge is -2.28. The van der Waals surface area contributed by atoms with Crippen LogP contribution in [0.15, 0.2) is 0 Å². The lowest BCUT2D eigenvalue weighted by molar-refractivity contribution is -0.151. The molecule has 9 nitrogen and oxygen atoms in total. The van der Waals surface area contributed by atoms with Gasteiger partial charge >= 0.3 is 18.0 Å². The number of ether oxygens (including phenoxy) is 2. The van der Waals surface area contributed by atoms with Crippen molar-refractivity contribution >= 4 is 23.9 Å². The molecule has 0 aromatic rings. The number of aliphatic carboxylic acids is 1. The third kappa shape index (κ3) is 6.60. The highest BCUT2D eigenvalue weighted by Gasteiger charge is 2.39. The molecule has 2 atom stereocenters. The number of amides is 2. The Morgan fingerprint density at radius 1 is 1.28 bits per heavy atom. The van der Waals surface area contributed by atoms with E-state index in [0.717, 1.165) is 0 Å². The first-order valence-electron chi connectivity index (χ1n) is 8.23. The number of alkyl carbamates (subject to hydrolysis) is 1. The molecule has 0 bridgehead atoms. The van der Waals surface area contributed by atoms with Gasteiger partial charge in [-0.15, -0.1) is 0 Å². The number of carbonyl (C=O) groups excluding carboxylic acids is 3. The Labute approximate surface area is 146 Å². The quantitative estimate of drug-likeness (QED) is 0.677. The standard InChI is InChI=1S/C16H26N2O7/c1-5-24-12(19)9-10(17-15(23)25-16(2,3)4)13(20)18-8-6-7-11(18)14(21)22/h10-11H,5-9H2,1-4H3,(H,17,23)(H,21,22)/t10-,11-/m0/s1. The fraction of sp³-hybridized carbons (Fsp3) is 0.750. The number of nitrogens with zero attached hydrogens (tertiary/aromatic N) is 1. The van der Waals surface area contributed by atoms with Crippen LogP contribution in [0.5, 0.6) is 0 Å². The molecule has 9 heteroatoms. The molecule has 2 N–H and O–H groups in total. The Balaban J connectivity index is 2.89. The summed E-state index contributed by atoms with van der Waals surface area (Å²) >= 11 is 0. The van der Waals surface area contributed by atoms with Crippen molar-refractivity contribution in [1.29, 1.82) is 0 Å². The number of hydrogen-bond donors (Lipinski definition) is 2. The van der Waals surface area contributed by atoms with Crippen molar-refractivity contribution in [2.24, 2.45) is 0 Å². The molecule has 25 heavy (non-hydrogen) atoms. The minimum atomic E-state index is -1.24. The van der Waals surface area contributed by atoms with E-state index in [9.17, 15) is 24.3 Å². The van der Waals surface area contributed by atoms with Crippen molar-refractivity contribution in [2.45, 2.75) is 64.6 Å². The number of rotatable bonds is 6. The van der Waals surface area contributed by atoms with Crippen LogP contribution < -0.4 is 5.32 Å². The summed E-state index contributed by atoms with van der Waals surface area (Å²) in [5.41, 5.74) is -0.779. The molecule has 0 spiro atoms. The van der Waals surface area contributed by atoms with Gasteiger partial charge in [-0.1, -0.05) is 0 Å². The molecule has 1 aliphatic rings. The summed E-state index contributed by atoms with van der Waals surface area (Å²) < 4.78 is 9.93. The number of hydrogen-bond acceptors (Lipinski definition) is 6. The van der Waals surface area contributed by atoms with Gasteiger partial charge in [0, 0.05) is 6.54 Å². The zero-order valence-corrected chi connectivity index (χ0v) is 15.0. The van der Waals surface area contributed by atoms with Crippen LogP contribution in [0.4, 0.5) is 4.79 Å².